The van der Waals surface area contributed by atoms with Crippen LogP contribution in [0.2, 0.25) is 0 Å². The lowest BCUT2D eigenvalue weighted by molar-refractivity contribution is -0.437. The Kier molecular flexibility index (Phi) is 4.42. The zero-order valence-electron chi connectivity index (χ0n) is 16.3. The van der Waals surface area contributed by atoms with Crippen molar-refractivity contribution in [3.63, 3.8) is 0 Å². The summed E-state index contributed by atoms with van der Waals surface area (Å²) < 4.78 is 2.54. The van der Waals surface area contributed by atoms with E-state index >= 15 is 0 Å². The van der Waals surface area contributed by atoms with Gasteiger partial charge in [0.15, 0.2) is 11.5 Å². The van der Waals surface area contributed by atoms with Gasteiger partial charge >= 0.3 is 0 Å². The number of hydrogen-bond acceptors (Lipinski definition) is 2. The lowest BCUT2D eigenvalue weighted by Crippen LogP contribution is -2.25. The van der Waals surface area contributed by atoms with E-state index in [1.54, 1.807) is 0 Å². The molecule has 3 N–H and O–H groups in total. The topological polar surface area (TPSA) is 61.6 Å². The summed E-state index contributed by atoms with van der Waals surface area (Å²) in [5.41, 5.74) is 13.8. The molecule has 0 aromatic heterocycles. The monoisotopic (exact) mass is 374 g/mol. The molecule has 0 amide bonds. The summed E-state index contributed by atoms with van der Waals surface area (Å²) in [6, 6.07) is 15.3. The second-order valence-electron chi connectivity index (χ2n) is 8.43. The molecule has 0 radical (unpaired) electrons. The zero-order valence-corrected chi connectivity index (χ0v) is 16.3. The van der Waals surface area contributed by atoms with Gasteiger partial charge in [0, 0.05) is 29.2 Å². The highest BCUT2D eigenvalue weighted by molar-refractivity contribution is 6.07. The van der Waals surface area contributed by atoms with E-state index in [1.165, 1.54) is 60.2 Å². The van der Waals surface area contributed by atoms with Gasteiger partial charge in [-0.15, -0.1) is 0 Å². The molecule has 4 heteroatoms. The van der Waals surface area contributed by atoms with Gasteiger partial charge in [0.2, 0.25) is 5.69 Å². The Morgan fingerprint density at radius 3 is 2.68 bits per heavy atom. The number of oxime groups is 1. The molecule has 3 aliphatic rings. The Morgan fingerprint density at radius 2 is 1.86 bits per heavy atom. The first-order valence-electron chi connectivity index (χ1n) is 10.6. The van der Waals surface area contributed by atoms with Crippen LogP contribution in [0.3, 0.4) is 0 Å². The van der Waals surface area contributed by atoms with E-state index in [2.05, 4.69) is 46.1 Å². The van der Waals surface area contributed by atoms with Crippen LogP contribution in [0.25, 0.3) is 0 Å². The van der Waals surface area contributed by atoms with E-state index < -0.39 is 0 Å². The van der Waals surface area contributed by atoms with Gasteiger partial charge < -0.3 is 10.9 Å². The number of rotatable bonds is 2. The number of fused-ring (bicyclic) bond motifs is 4. The molecule has 2 aromatic carbocycles. The predicted molar refractivity (Wildman–Crippen MR) is 112 cm³/mol. The van der Waals surface area contributed by atoms with Gasteiger partial charge in [-0.05, 0) is 36.8 Å². The molecule has 1 unspecified atom stereocenters. The fourth-order valence-electron chi connectivity index (χ4n) is 5.62. The van der Waals surface area contributed by atoms with Gasteiger partial charge in [-0.2, -0.15) is 4.58 Å². The third kappa shape index (κ3) is 2.74. The molecule has 2 aliphatic heterocycles. The van der Waals surface area contributed by atoms with Crippen molar-refractivity contribution in [1.29, 1.82) is 0 Å². The molecule has 1 atom stereocenters. The number of aryl methyl sites for hydroxylation is 1. The standard InChI is InChI=1S/C24H27N3O/c25-24(26-28)18-12-13-20-21(15-18)27-14-6-10-16-7-4-5-11-19(16)23(27)22(20)17-8-2-1-3-9-17/h4-5,7,11-13,15,17,22H,1-3,6,8-10,14H2,(H2-,25,26,28)/p+1. The number of hydrogen-bond donors (Lipinski definition) is 2. The van der Waals surface area contributed by atoms with Crippen LogP contribution in [-0.4, -0.2) is 27.9 Å². The predicted octanol–water partition coefficient (Wildman–Crippen LogP) is 4.54. The van der Waals surface area contributed by atoms with Gasteiger partial charge in [-0.25, -0.2) is 0 Å². The summed E-state index contributed by atoms with van der Waals surface area (Å²) in [4.78, 5) is 0. The Hall–Kier alpha value is -2.62. The molecule has 0 saturated heterocycles. The van der Waals surface area contributed by atoms with Gasteiger partial charge in [0.1, 0.15) is 6.54 Å². The largest absolute Gasteiger partial charge is 0.409 e. The molecular formula is C24H28N3O+. The maximum absolute atomic E-state index is 9.14. The molecule has 2 heterocycles. The van der Waals surface area contributed by atoms with Crippen molar-refractivity contribution in [3.8, 4) is 0 Å². The Bertz CT molecular complexity index is 970. The molecule has 5 rings (SSSR count). The normalized spacial score (nSPS) is 22.4. The van der Waals surface area contributed by atoms with Crippen molar-refractivity contribution >= 4 is 17.2 Å². The summed E-state index contributed by atoms with van der Waals surface area (Å²) in [5.74, 6) is 1.34. The third-order valence-electron chi connectivity index (χ3n) is 6.89. The SMILES string of the molecule is NC(=NO)c1ccc2c(c1)[N+]1=C(c3ccccc3CCC1)C2C1CCCCC1. The molecule has 4 nitrogen and oxygen atoms in total. The van der Waals surface area contributed by atoms with Crippen LogP contribution in [0.5, 0.6) is 0 Å². The fraction of sp³-hybridized carbons (Fsp3) is 0.417. The van der Waals surface area contributed by atoms with Crippen LogP contribution in [0, 0.1) is 5.92 Å². The first kappa shape index (κ1) is 17.5. The van der Waals surface area contributed by atoms with E-state index in [0.717, 1.165) is 24.9 Å². The van der Waals surface area contributed by atoms with Crippen LogP contribution in [0.4, 0.5) is 5.69 Å². The van der Waals surface area contributed by atoms with E-state index in [1.807, 2.05) is 6.07 Å². The van der Waals surface area contributed by atoms with E-state index in [0.29, 0.717) is 11.8 Å². The highest BCUT2D eigenvalue weighted by Gasteiger charge is 2.45. The average Bonchev–Trinajstić information content (AvgIpc) is 2.95. The Labute approximate surface area is 166 Å². The van der Waals surface area contributed by atoms with Crippen LogP contribution >= 0.6 is 0 Å². The summed E-state index contributed by atoms with van der Waals surface area (Å²) >= 11 is 0. The summed E-state index contributed by atoms with van der Waals surface area (Å²) in [6.07, 6.45) is 8.95. The van der Waals surface area contributed by atoms with Crippen molar-refractivity contribution < 1.29 is 9.78 Å². The second kappa shape index (κ2) is 7.08. The minimum absolute atomic E-state index is 0.181. The number of nitrogens with two attached hydrogens (primary N) is 1. The van der Waals surface area contributed by atoms with Gasteiger partial charge in [0.05, 0.1) is 5.92 Å². The van der Waals surface area contributed by atoms with Crippen molar-refractivity contribution in [2.24, 2.45) is 16.8 Å². The summed E-state index contributed by atoms with van der Waals surface area (Å²) in [5, 5.41) is 12.4. The van der Waals surface area contributed by atoms with E-state index in [-0.39, 0.29) is 5.84 Å². The van der Waals surface area contributed by atoms with E-state index in [9.17, 15) is 0 Å². The van der Waals surface area contributed by atoms with Crippen molar-refractivity contribution in [2.75, 3.05) is 6.54 Å². The number of nitrogens with zero attached hydrogens (tertiary/aromatic N) is 2. The minimum Gasteiger partial charge on any atom is -0.409 e. The summed E-state index contributed by atoms with van der Waals surface area (Å²) in [6.45, 7) is 1.03. The average molecular weight is 375 g/mol. The van der Waals surface area contributed by atoms with Gasteiger partial charge in [0.25, 0.3) is 0 Å². The number of benzene rings is 2. The molecule has 28 heavy (non-hydrogen) atoms. The first-order chi connectivity index (χ1) is 13.8. The molecule has 2 aromatic rings. The highest BCUT2D eigenvalue weighted by Crippen LogP contribution is 2.47. The fourth-order valence-corrected chi connectivity index (χ4v) is 5.62. The van der Waals surface area contributed by atoms with Crippen molar-refractivity contribution in [3.05, 3.63) is 64.7 Å². The first-order valence-corrected chi connectivity index (χ1v) is 10.6. The van der Waals surface area contributed by atoms with Gasteiger partial charge in [-0.3, -0.25) is 0 Å². The maximum atomic E-state index is 9.14. The van der Waals surface area contributed by atoms with Crippen LogP contribution < -0.4 is 5.73 Å². The zero-order chi connectivity index (χ0) is 19.1. The maximum Gasteiger partial charge on any atom is 0.210 e. The molecule has 1 saturated carbocycles. The minimum atomic E-state index is 0.181. The molecule has 1 aliphatic carbocycles. The van der Waals surface area contributed by atoms with Crippen LogP contribution in [0.1, 0.15) is 66.7 Å². The molecule has 144 valence electrons. The van der Waals surface area contributed by atoms with E-state index in [4.69, 9.17) is 10.9 Å². The van der Waals surface area contributed by atoms with Crippen molar-refractivity contribution in [1.82, 2.24) is 0 Å². The van der Waals surface area contributed by atoms with Crippen molar-refractivity contribution in [2.45, 2.75) is 50.9 Å². The third-order valence-corrected chi connectivity index (χ3v) is 6.89. The van der Waals surface area contributed by atoms with Gasteiger partial charge in [-0.1, -0.05) is 54.8 Å². The van der Waals surface area contributed by atoms with Crippen LogP contribution in [0.15, 0.2) is 47.6 Å². The Balaban J connectivity index is 1.72. The lowest BCUT2D eigenvalue weighted by Gasteiger charge is -2.27. The van der Waals surface area contributed by atoms with Crippen LogP contribution in [-0.2, 0) is 6.42 Å². The second-order valence-corrected chi connectivity index (χ2v) is 8.43. The highest BCUT2D eigenvalue weighted by atomic mass is 16.4. The smallest absolute Gasteiger partial charge is 0.210 e. The molecule has 0 spiro atoms. The summed E-state index contributed by atoms with van der Waals surface area (Å²) in [7, 11) is 0. The molecular weight excluding hydrogens is 346 g/mol. The lowest BCUT2D eigenvalue weighted by atomic mass is 9.73. The molecule has 0 bridgehead atoms. The Morgan fingerprint density at radius 1 is 1.04 bits per heavy atom. The number of amidine groups is 1. The quantitative estimate of drug-likeness (QED) is 0.267. The molecule has 1 fully saturated rings.